The lowest BCUT2D eigenvalue weighted by atomic mass is 10.1. The molecule has 0 atom stereocenters. The van der Waals surface area contributed by atoms with Gasteiger partial charge in [0.1, 0.15) is 5.54 Å². The molecule has 8 nitrogen and oxygen atoms in total. The number of methoxy groups -OCH3 is 1. The van der Waals surface area contributed by atoms with Crippen molar-refractivity contribution in [1.29, 1.82) is 0 Å². The number of carboxylic acid groups (broad SMARTS) is 1. The third kappa shape index (κ3) is 2.84. The Kier molecular flexibility index (Phi) is 3.70. The summed E-state index contributed by atoms with van der Waals surface area (Å²) in [6.07, 6.45) is 0. The topological polar surface area (TPSA) is 115 Å². The summed E-state index contributed by atoms with van der Waals surface area (Å²) in [6.45, 7) is 2.75. The first-order valence-electron chi connectivity index (χ1n) is 4.99. The fourth-order valence-electron chi connectivity index (χ4n) is 1.14. The number of nitrogens with one attached hydrogen (secondary N) is 1. The molecule has 1 rings (SSSR count). The lowest BCUT2D eigenvalue weighted by molar-refractivity contribution is -0.384. The smallest absolute Gasteiger partial charge is 0.328 e. The standard InChI is InChI=1S/C10H13N3O5/c1-10(2,9(14)15)12-8-6(13(16)17)4-5-7(11-8)18-3/h4-5H,1-3H3,(H,11,12)(H,14,15). The predicted molar refractivity (Wildman–Crippen MR) is 62.8 cm³/mol. The number of carbonyl (C=O) groups is 1. The summed E-state index contributed by atoms with van der Waals surface area (Å²) in [5, 5.41) is 22.3. The Balaban J connectivity index is 3.20. The quantitative estimate of drug-likeness (QED) is 0.601. The lowest BCUT2D eigenvalue weighted by Crippen LogP contribution is -2.40. The maximum Gasteiger partial charge on any atom is 0.328 e. The van der Waals surface area contributed by atoms with E-state index in [0.29, 0.717) is 0 Å². The molecule has 1 heterocycles. The summed E-state index contributed by atoms with van der Waals surface area (Å²) in [7, 11) is 1.36. The fourth-order valence-corrected chi connectivity index (χ4v) is 1.14. The summed E-state index contributed by atoms with van der Waals surface area (Å²) >= 11 is 0. The van der Waals surface area contributed by atoms with Gasteiger partial charge < -0.3 is 15.2 Å². The molecule has 2 N–H and O–H groups in total. The number of aromatic nitrogens is 1. The molecular formula is C10H13N3O5. The van der Waals surface area contributed by atoms with Crippen LogP contribution < -0.4 is 10.1 Å². The number of rotatable bonds is 5. The Labute approximate surface area is 103 Å². The molecule has 0 spiro atoms. The van der Waals surface area contributed by atoms with Gasteiger partial charge in [0.2, 0.25) is 11.7 Å². The van der Waals surface area contributed by atoms with Crippen LogP contribution in [0.5, 0.6) is 5.88 Å². The van der Waals surface area contributed by atoms with E-state index < -0.39 is 16.4 Å². The summed E-state index contributed by atoms with van der Waals surface area (Å²) in [6, 6.07) is 2.53. The molecule has 0 unspecified atom stereocenters. The highest BCUT2D eigenvalue weighted by molar-refractivity contribution is 5.82. The molecule has 8 heteroatoms. The number of nitrogens with zero attached hydrogens (tertiary/aromatic N) is 2. The van der Waals surface area contributed by atoms with Crippen LogP contribution in [0.25, 0.3) is 0 Å². The third-order valence-corrected chi connectivity index (χ3v) is 2.22. The minimum atomic E-state index is -1.38. The normalized spacial score (nSPS) is 10.8. The Morgan fingerprint density at radius 2 is 2.17 bits per heavy atom. The van der Waals surface area contributed by atoms with Crippen LogP contribution in [0.4, 0.5) is 11.5 Å². The molecule has 1 aromatic rings. The van der Waals surface area contributed by atoms with Gasteiger partial charge in [-0.2, -0.15) is 4.98 Å². The van der Waals surface area contributed by atoms with Crippen molar-refractivity contribution in [3.63, 3.8) is 0 Å². The number of pyridine rings is 1. The number of ether oxygens (including phenoxy) is 1. The third-order valence-electron chi connectivity index (χ3n) is 2.22. The number of hydrogen-bond donors (Lipinski definition) is 2. The molecule has 0 radical (unpaired) electrons. The van der Waals surface area contributed by atoms with E-state index in [1.54, 1.807) is 0 Å². The second kappa shape index (κ2) is 4.86. The number of anilines is 1. The zero-order chi connectivity index (χ0) is 13.9. The molecule has 98 valence electrons. The monoisotopic (exact) mass is 255 g/mol. The number of hydrogen-bond acceptors (Lipinski definition) is 6. The highest BCUT2D eigenvalue weighted by Gasteiger charge is 2.30. The van der Waals surface area contributed by atoms with Gasteiger partial charge in [-0.15, -0.1) is 0 Å². The fraction of sp³-hybridized carbons (Fsp3) is 0.400. The first-order chi connectivity index (χ1) is 8.27. The van der Waals surface area contributed by atoms with Gasteiger partial charge in [0.25, 0.3) is 0 Å². The van der Waals surface area contributed by atoms with Crippen LogP contribution in [-0.4, -0.2) is 33.6 Å². The van der Waals surface area contributed by atoms with E-state index in [9.17, 15) is 14.9 Å². The first kappa shape index (κ1) is 13.7. The number of nitro groups is 1. The molecule has 0 aliphatic heterocycles. The number of carboxylic acids is 1. The van der Waals surface area contributed by atoms with Crippen LogP contribution in [0.1, 0.15) is 13.8 Å². The lowest BCUT2D eigenvalue weighted by Gasteiger charge is -2.21. The molecular weight excluding hydrogens is 242 g/mol. The van der Waals surface area contributed by atoms with E-state index in [4.69, 9.17) is 9.84 Å². The van der Waals surface area contributed by atoms with Crippen LogP contribution in [-0.2, 0) is 4.79 Å². The highest BCUT2D eigenvalue weighted by atomic mass is 16.6. The Hall–Kier alpha value is -2.38. The Morgan fingerprint density at radius 3 is 2.61 bits per heavy atom. The first-order valence-corrected chi connectivity index (χ1v) is 4.99. The second-order valence-corrected chi connectivity index (χ2v) is 4.03. The predicted octanol–water partition coefficient (Wildman–Crippen LogP) is 1.27. The Bertz CT molecular complexity index is 486. The maximum atomic E-state index is 11.0. The molecule has 0 saturated heterocycles. The number of aliphatic carboxylic acids is 1. The summed E-state index contributed by atoms with van der Waals surface area (Å²) < 4.78 is 4.84. The van der Waals surface area contributed by atoms with Crippen LogP contribution in [0.15, 0.2) is 12.1 Å². The molecule has 0 saturated carbocycles. The molecule has 0 aliphatic carbocycles. The van der Waals surface area contributed by atoms with Crippen molar-refractivity contribution in [2.24, 2.45) is 0 Å². The van der Waals surface area contributed by atoms with Crippen molar-refractivity contribution >= 4 is 17.5 Å². The molecule has 0 aliphatic rings. The van der Waals surface area contributed by atoms with Crippen LogP contribution in [0, 0.1) is 10.1 Å². The van der Waals surface area contributed by atoms with Gasteiger partial charge in [0.05, 0.1) is 12.0 Å². The van der Waals surface area contributed by atoms with E-state index in [0.717, 1.165) is 0 Å². The van der Waals surface area contributed by atoms with Crippen LogP contribution in [0.2, 0.25) is 0 Å². The van der Waals surface area contributed by atoms with Crippen molar-refractivity contribution in [2.75, 3.05) is 12.4 Å². The van der Waals surface area contributed by atoms with Gasteiger partial charge in [-0.1, -0.05) is 0 Å². The van der Waals surface area contributed by atoms with Crippen molar-refractivity contribution in [1.82, 2.24) is 4.98 Å². The minimum absolute atomic E-state index is 0.147. The largest absolute Gasteiger partial charge is 0.481 e. The van der Waals surface area contributed by atoms with Gasteiger partial charge >= 0.3 is 11.7 Å². The molecule has 18 heavy (non-hydrogen) atoms. The molecule has 0 bridgehead atoms. The van der Waals surface area contributed by atoms with Gasteiger partial charge in [-0.3, -0.25) is 10.1 Å². The second-order valence-electron chi connectivity index (χ2n) is 4.03. The van der Waals surface area contributed by atoms with E-state index in [1.807, 2.05) is 0 Å². The van der Waals surface area contributed by atoms with E-state index in [-0.39, 0.29) is 17.4 Å². The van der Waals surface area contributed by atoms with Gasteiger partial charge in [0.15, 0.2) is 0 Å². The highest BCUT2D eigenvalue weighted by Crippen LogP contribution is 2.27. The van der Waals surface area contributed by atoms with E-state index >= 15 is 0 Å². The van der Waals surface area contributed by atoms with Crippen molar-refractivity contribution < 1.29 is 19.6 Å². The average molecular weight is 255 g/mol. The molecule has 0 amide bonds. The van der Waals surface area contributed by atoms with Gasteiger partial charge in [0, 0.05) is 12.1 Å². The summed E-state index contributed by atoms with van der Waals surface area (Å²) in [5.74, 6) is -1.14. The molecule has 0 aromatic carbocycles. The minimum Gasteiger partial charge on any atom is -0.481 e. The Morgan fingerprint density at radius 1 is 1.56 bits per heavy atom. The summed E-state index contributed by atoms with van der Waals surface area (Å²) in [4.78, 5) is 25.0. The van der Waals surface area contributed by atoms with Crippen LogP contribution >= 0.6 is 0 Å². The van der Waals surface area contributed by atoms with E-state index in [1.165, 1.54) is 33.1 Å². The zero-order valence-electron chi connectivity index (χ0n) is 10.1. The van der Waals surface area contributed by atoms with Crippen molar-refractivity contribution in [2.45, 2.75) is 19.4 Å². The van der Waals surface area contributed by atoms with Crippen molar-refractivity contribution in [3.05, 3.63) is 22.2 Å². The molecule has 0 fully saturated rings. The summed E-state index contributed by atoms with van der Waals surface area (Å²) in [5.41, 5.74) is -1.70. The van der Waals surface area contributed by atoms with E-state index in [2.05, 4.69) is 10.3 Å². The molecule has 1 aromatic heterocycles. The van der Waals surface area contributed by atoms with Gasteiger partial charge in [-0.25, -0.2) is 4.79 Å². The SMILES string of the molecule is COc1ccc([N+](=O)[O-])c(NC(C)(C)C(=O)O)n1. The van der Waals surface area contributed by atoms with Crippen LogP contribution in [0.3, 0.4) is 0 Å². The van der Waals surface area contributed by atoms with Gasteiger partial charge in [-0.05, 0) is 13.8 Å². The zero-order valence-corrected chi connectivity index (χ0v) is 10.1. The average Bonchev–Trinajstić information content (AvgIpc) is 2.27. The maximum absolute atomic E-state index is 11.0. The van der Waals surface area contributed by atoms with Crippen molar-refractivity contribution in [3.8, 4) is 5.88 Å².